The van der Waals surface area contributed by atoms with Gasteiger partial charge in [0.15, 0.2) is 5.13 Å². The molecule has 1 radical (unpaired) electrons. The molecule has 4 aromatic heterocycles. The number of thiazole rings is 1. The van der Waals surface area contributed by atoms with Gasteiger partial charge in [-0.15, -0.1) is 0 Å². The number of hydrogen-bond acceptors (Lipinski definition) is 6. The fourth-order valence-corrected chi connectivity index (χ4v) is 5.60. The molecule has 0 aliphatic heterocycles. The largest absolute Gasteiger partial charge is 0.270 e. The van der Waals surface area contributed by atoms with Crippen LogP contribution in [0, 0.1) is 0 Å². The smallest absolute Gasteiger partial charge is 0.196 e. The van der Waals surface area contributed by atoms with Gasteiger partial charge in [-0.2, -0.15) is 0 Å². The van der Waals surface area contributed by atoms with Crippen molar-refractivity contribution in [3.63, 3.8) is 0 Å². The van der Waals surface area contributed by atoms with Crippen molar-refractivity contribution in [3.8, 4) is 22.6 Å². The Morgan fingerprint density at radius 3 is 2.23 bits per heavy atom. The predicted octanol–water partition coefficient (Wildman–Crippen LogP) is 8.44. The molecule has 7 rings (SSSR count). The summed E-state index contributed by atoms with van der Waals surface area (Å²) in [6.45, 7) is 0. The van der Waals surface area contributed by atoms with E-state index in [4.69, 9.17) is 15.0 Å². The van der Waals surface area contributed by atoms with Crippen LogP contribution >= 0.6 is 11.3 Å². The average Bonchev–Trinajstić information content (AvgIpc) is 3.42. The minimum Gasteiger partial charge on any atom is -0.270 e. The number of hydrogen-bond donors (Lipinski definition) is 0. The fourth-order valence-electron chi connectivity index (χ4n) is 4.58. The van der Waals surface area contributed by atoms with Crippen LogP contribution in [0.4, 0.5) is 16.6 Å². The van der Waals surface area contributed by atoms with E-state index in [-0.39, 0.29) is 19.5 Å². The van der Waals surface area contributed by atoms with Crippen LogP contribution in [0.5, 0.6) is 0 Å². The maximum Gasteiger partial charge on any atom is 0.196 e. The first-order valence-electron chi connectivity index (χ1n) is 12.3. The summed E-state index contributed by atoms with van der Waals surface area (Å²) in [5, 5.41) is 1.96. The van der Waals surface area contributed by atoms with Gasteiger partial charge in [0, 0.05) is 42.3 Å². The molecule has 0 amide bonds. The van der Waals surface area contributed by atoms with Crippen LogP contribution in [-0.4, -0.2) is 19.9 Å². The van der Waals surface area contributed by atoms with Crippen molar-refractivity contribution in [1.29, 1.82) is 0 Å². The standard InChI is InChI=1S/C32H21N5S.Rh/c1-2-11-23(12-3-1)37(30-18-9-16-28(35-30)27-15-6-7-21-33-27)32-36-31-24(13-8-17-29(31)38-32)26-20-19-22-10-4-5-14-25(22)34-26;/h1-21H;. The van der Waals surface area contributed by atoms with Crippen LogP contribution in [0.1, 0.15) is 0 Å². The monoisotopic (exact) mass is 610 g/mol. The van der Waals surface area contributed by atoms with E-state index in [9.17, 15) is 0 Å². The van der Waals surface area contributed by atoms with E-state index in [1.54, 1.807) is 17.5 Å². The summed E-state index contributed by atoms with van der Waals surface area (Å²) in [5.41, 5.74) is 6.45. The van der Waals surface area contributed by atoms with Crippen molar-refractivity contribution >= 4 is 49.1 Å². The molecule has 7 heteroatoms. The van der Waals surface area contributed by atoms with Crippen molar-refractivity contribution in [1.82, 2.24) is 19.9 Å². The molecule has 0 N–H and O–H groups in total. The van der Waals surface area contributed by atoms with Crippen molar-refractivity contribution in [3.05, 3.63) is 128 Å². The van der Waals surface area contributed by atoms with Gasteiger partial charge < -0.3 is 0 Å². The van der Waals surface area contributed by atoms with Crippen molar-refractivity contribution in [2.75, 3.05) is 4.90 Å². The summed E-state index contributed by atoms with van der Waals surface area (Å²) < 4.78 is 1.09. The molecule has 5 nitrogen and oxygen atoms in total. The molecule has 0 bridgehead atoms. The number of benzene rings is 3. The molecule has 0 atom stereocenters. The Bertz CT molecular complexity index is 1890. The summed E-state index contributed by atoms with van der Waals surface area (Å²) in [6.07, 6.45) is 1.79. The Labute approximate surface area is 242 Å². The quantitative estimate of drug-likeness (QED) is 0.183. The number of anilines is 3. The molecule has 4 heterocycles. The second-order valence-corrected chi connectivity index (χ2v) is 9.81. The molecule has 0 fully saturated rings. The molecule has 0 unspecified atom stereocenters. The van der Waals surface area contributed by atoms with Gasteiger partial charge in [0.2, 0.25) is 0 Å². The second-order valence-electron chi connectivity index (χ2n) is 8.80. The van der Waals surface area contributed by atoms with Gasteiger partial charge in [0.05, 0.1) is 32.8 Å². The Kier molecular flexibility index (Phi) is 6.93. The Balaban J connectivity index is 0.00000277. The van der Waals surface area contributed by atoms with Crippen molar-refractivity contribution in [2.24, 2.45) is 0 Å². The van der Waals surface area contributed by atoms with Gasteiger partial charge in [-0.3, -0.25) is 9.88 Å². The first-order valence-corrected chi connectivity index (χ1v) is 13.1. The summed E-state index contributed by atoms with van der Waals surface area (Å²) in [4.78, 5) is 21.7. The number of para-hydroxylation sites is 3. The normalized spacial score (nSPS) is 10.9. The van der Waals surface area contributed by atoms with Crippen LogP contribution in [0.25, 0.3) is 43.8 Å². The van der Waals surface area contributed by atoms with E-state index in [0.29, 0.717) is 0 Å². The third-order valence-corrected chi connectivity index (χ3v) is 7.38. The number of nitrogens with zero attached hydrogens (tertiary/aromatic N) is 5. The molecular formula is C32H21N5RhS. The minimum atomic E-state index is 0. The van der Waals surface area contributed by atoms with E-state index in [0.717, 1.165) is 60.4 Å². The van der Waals surface area contributed by atoms with Crippen LogP contribution in [0.2, 0.25) is 0 Å². The summed E-state index contributed by atoms with van der Waals surface area (Å²) in [5.74, 6) is 0.781. The summed E-state index contributed by atoms with van der Waals surface area (Å²) in [6, 6.07) is 40.7. The molecule has 0 aliphatic rings. The average molecular weight is 611 g/mol. The fraction of sp³-hybridized carbons (Fsp3) is 0. The molecule has 39 heavy (non-hydrogen) atoms. The van der Waals surface area contributed by atoms with Crippen LogP contribution in [-0.2, 0) is 19.5 Å². The molecular weight excluding hydrogens is 589 g/mol. The molecule has 0 aliphatic carbocycles. The minimum absolute atomic E-state index is 0. The van der Waals surface area contributed by atoms with Gasteiger partial charge in [-0.05, 0) is 54.6 Å². The Morgan fingerprint density at radius 2 is 1.36 bits per heavy atom. The van der Waals surface area contributed by atoms with Crippen molar-refractivity contribution in [2.45, 2.75) is 0 Å². The predicted molar refractivity (Wildman–Crippen MR) is 156 cm³/mol. The summed E-state index contributed by atoms with van der Waals surface area (Å²) in [7, 11) is 0. The Hall–Kier alpha value is -4.32. The van der Waals surface area contributed by atoms with Crippen LogP contribution < -0.4 is 4.90 Å². The Morgan fingerprint density at radius 1 is 0.564 bits per heavy atom. The zero-order valence-corrected chi connectivity index (χ0v) is 23.1. The van der Waals surface area contributed by atoms with E-state index in [1.807, 2.05) is 72.8 Å². The van der Waals surface area contributed by atoms with Crippen molar-refractivity contribution < 1.29 is 19.5 Å². The first kappa shape index (κ1) is 25.0. The molecule has 0 spiro atoms. The van der Waals surface area contributed by atoms with Crippen LogP contribution in [0.15, 0.2) is 128 Å². The maximum atomic E-state index is 5.17. The van der Waals surface area contributed by atoms with Gasteiger partial charge in [-0.1, -0.05) is 78.1 Å². The zero-order chi connectivity index (χ0) is 25.3. The van der Waals surface area contributed by atoms with Gasteiger partial charge in [-0.25, -0.2) is 15.0 Å². The van der Waals surface area contributed by atoms with Crippen LogP contribution in [0.3, 0.4) is 0 Å². The van der Waals surface area contributed by atoms with Gasteiger partial charge in [0.1, 0.15) is 5.82 Å². The first-order chi connectivity index (χ1) is 18.8. The topological polar surface area (TPSA) is 54.8 Å². The third-order valence-electron chi connectivity index (χ3n) is 6.38. The summed E-state index contributed by atoms with van der Waals surface area (Å²) >= 11 is 1.64. The molecule has 0 saturated heterocycles. The van der Waals surface area contributed by atoms with E-state index >= 15 is 0 Å². The molecule has 3 aromatic carbocycles. The number of fused-ring (bicyclic) bond motifs is 2. The third kappa shape index (κ3) is 4.83. The number of rotatable bonds is 5. The van der Waals surface area contributed by atoms with E-state index in [2.05, 4.69) is 58.4 Å². The molecule has 189 valence electrons. The van der Waals surface area contributed by atoms with E-state index in [1.165, 1.54) is 0 Å². The van der Waals surface area contributed by atoms with Gasteiger partial charge in [0.25, 0.3) is 0 Å². The molecule has 7 aromatic rings. The molecule has 0 saturated carbocycles. The number of pyridine rings is 3. The maximum absolute atomic E-state index is 5.17. The van der Waals surface area contributed by atoms with Gasteiger partial charge >= 0.3 is 0 Å². The second kappa shape index (κ2) is 10.8. The zero-order valence-electron chi connectivity index (χ0n) is 20.6. The number of aromatic nitrogens is 4. The van der Waals surface area contributed by atoms with E-state index < -0.39 is 0 Å². The SMILES string of the molecule is [Rh].c1ccc(N(c2cccc(-c3ccccn3)n2)c2nc3c(-c4ccc5ccccc5n4)cccc3s2)cc1.